The Morgan fingerprint density at radius 3 is 2.81 bits per heavy atom. The molecule has 5 heteroatoms. The highest BCUT2D eigenvalue weighted by Crippen LogP contribution is 2.10. The first-order valence-corrected chi connectivity index (χ1v) is 5.01. The number of halogens is 1. The Kier molecular flexibility index (Phi) is 4.72. The topological polar surface area (TPSA) is 67.8 Å². The van der Waals surface area contributed by atoms with E-state index in [1.807, 2.05) is 6.92 Å². The standard InChI is InChI=1S/C11H15FN2O2/c1-2-10(11(13)14-15)16-7-8-5-3-4-6-9(8)12/h3-6,10,15H,2,7H2,1H3,(H2,13,14). The fourth-order valence-electron chi connectivity index (χ4n) is 1.28. The van der Waals surface area contributed by atoms with Gasteiger partial charge in [0.1, 0.15) is 11.9 Å². The number of benzene rings is 1. The number of nitrogens with zero attached hydrogens (tertiary/aromatic N) is 1. The van der Waals surface area contributed by atoms with Crippen molar-refractivity contribution in [3.8, 4) is 0 Å². The van der Waals surface area contributed by atoms with Crippen molar-refractivity contribution in [1.29, 1.82) is 0 Å². The maximum atomic E-state index is 13.2. The highest BCUT2D eigenvalue weighted by Gasteiger charge is 2.13. The number of hydrogen-bond donors (Lipinski definition) is 2. The molecule has 0 aliphatic carbocycles. The molecule has 0 aliphatic heterocycles. The molecule has 4 nitrogen and oxygen atoms in total. The van der Waals surface area contributed by atoms with E-state index in [-0.39, 0.29) is 18.3 Å². The van der Waals surface area contributed by atoms with Crippen LogP contribution in [0.2, 0.25) is 0 Å². The van der Waals surface area contributed by atoms with Gasteiger partial charge in [-0.05, 0) is 12.5 Å². The molecule has 0 aliphatic rings. The van der Waals surface area contributed by atoms with E-state index in [9.17, 15) is 4.39 Å². The van der Waals surface area contributed by atoms with Crippen LogP contribution >= 0.6 is 0 Å². The van der Waals surface area contributed by atoms with Crippen LogP contribution in [0.4, 0.5) is 4.39 Å². The second-order valence-corrected chi connectivity index (χ2v) is 3.32. The van der Waals surface area contributed by atoms with E-state index in [0.717, 1.165) is 0 Å². The highest BCUT2D eigenvalue weighted by atomic mass is 19.1. The van der Waals surface area contributed by atoms with E-state index in [0.29, 0.717) is 12.0 Å². The zero-order valence-corrected chi connectivity index (χ0v) is 9.06. The average molecular weight is 226 g/mol. The van der Waals surface area contributed by atoms with E-state index in [4.69, 9.17) is 15.7 Å². The van der Waals surface area contributed by atoms with Crippen molar-refractivity contribution in [2.24, 2.45) is 10.9 Å². The van der Waals surface area contributed by atoms with Crippen LogP contribution in [0.5, 0.6) is 0 Å². The molecular weight excluding hydrogens is 211 g/mol. The fraction of sp³-hybridized carbons (Fsp3) is 0.364. The van der Waals surface area contributed by atoms with E-state index in [2.05, 4.69) is 5.16 Å². The van der Waals surface area contributed by atoms with Gasteiger partial charge in [0.05, 0.1) is 6.61 Å². The first-order valence-electron chi connectivity index (χ1n) is 5.01. The van der Waals surface area contributed by atoms with Crippen molar-refractivity contribution in [3.05, 3.63) is 35.6 Å². The Hall–Kier alpha value is -1.62. The van der Waals surface area contributed by atoms with E-state index < -0.39 is 6.10 Å². The fourth-order valence-corrected chi connectivity index (χ4v) is 1.28. The molecule has 0 spiro atoms. The molecule has 0 fully saturated rings. The van der Waals surface area contributed by atoms with Crippen LogP contribution in [-0.4, -0.2) is 17.1 Å². The van der Waals surface area contributed by atoms with Crippen LogP contribution in [-0.2, 0) is 11.3 Å². The van der Waals surface area contributed by atoms with Gasteiger partial charge in [-0.25, -0.2) is 4.39 Å². The number of amidine groups is 1. The van der Waals surface area contributed by atoms with E-state index >= 15 is 0 Å². The quantitative estimate of drug-likeness (QED) is 0.348. The molecule has 1 rings (SSSR count). The third kappa shape index (κ3) is 3.20. The summed E-state index contributed by atoms with van der Waals surface area (Å²) in [4.78, 5) is 0. The van der Waals surface area contributed by atoms with Gasteiger partial charge in [0.2, 0.25) is 0 Å². The predicted molar refractivity (Wildman–Crippen MR) is 58.7 cm³/mol. The lowest BCUT2D eigenvalue weighted by molar-refractivity contribution is 0.0770. The number of ether oxygens (including phenoxy) is 1. The van der Waals surface area contributed by atoms with Gasteiger partial charge < -0.3 is 15.7 Å². The van der Waals surface area contributed by atoms with Gasteiger partial charge in [-0.3, -0.25) is 0 Å². The summed E-state index contributed by atoms with van der Waals surface area (Å²) in [5, 5.41) is 11.4. The monoisotopic (exact) mass is 226 g/mol. The second kappa shape index (κ2) is 6.07. The molecule has 1 atom stereocenters. The molecule has 0 heterocycles. The van der Waals surface area contributed by atoms with Crippen LogP contribution in [0.25, 0.3) is 0 Å². The second-order valence-electron chi connectivity index (χ2n) is 3.32. The molecule has 1 aromatic carbocycles. The average Bonchev–Trinajstić information content (AvgIpc) is 2.31. The van der Waals surface area contributed by atoms with Crippen molar-refractivity contribution in [2.45, 2.75) is 26.1 Å². The summed E-state index contributed by atoms with van der Waals surface area (Å²) in [5.41, 5.74) is 5.86. The van der Waals surface area contributed by atoms with Gasteiger partial charge in [0.15, 0.2) is 5.84 Å². The molecule has 88 valence electrons. The number of oxime groups is 1. The third-order valence-electron chi connectivity index (χ3n) is 2.21. The van der Waals surface area contributed by atoms with Crippen LogP contribution in [0, 0.1) is 5.82 Å². The summed E-state index contributed by atoms with van der Waals surface area (Å²) < 4.78 is 18.6. The van der Waals surface area contributed by atoms with Gasteiger partial charge in [-0.15, -0.1) is 0 Å². The molecule has 0 amide bonds. The molecular formula is C11H15FN2O2. The van der Waals surface area contributed by atoms with Crippen LogP contribution in [0.1, 0.15) is 18.9 Å². The van der Waals surface area contributed by atoms with Crippen molar-refractivity contribution in [2.75, 3.05) is 0 Å². The summed E-state index contributed by atoms with van der Waals surface area (Å²) >= 11 is 0. The lowest BCUT2D eigenvalue weighted by atomic mass is 10.2. The molecule has 0 bridgehead atoms. The summed E-state index contributed by atoms with van der Waals surface area (Å²) in [6, 6.07) is 6.34. The van der Waals surface area contributed by atoms with Crippen molar-refractivity contribution >= 4 is 5.84 Å². The van der Waals surface area contributed by atoms with Gasteiger partial charge >= 0.3 is 0 Å². The summed E-state index contributed by atoms with van der Waals surface area (Å²) in [7, 11) is 0. The molecule has 0 aromatic heterocycles. The highest BCUT2D eigenvalue weighted by molar-refractivity contribution is 5.84. The molecule has 1 unspecified atom stereocenters. The minimum Gasteiger partial charge on any atom is -0.409 e. The zero-order chi connectivity index (χ0) is 12.0. The first-order chi connectivity index (χ1) is 7.69. The van der Waals surface area contributed by atoms with Crippen LogP contribution in [0.3, 0.4) is 0 Å². The smallest absolute Gasteiger partial charge is 0.168 e. The van der Waals surface area contributed by atoms with E-state index in [1.165, 1.54) is 6.07 Å². The largest absolute Gasteiger partial charge is 0.409 e. The minimum atomic E-state index is -0.496. The Bertz CT molecular complexity index is 369. The van der Waals surface area contributed by atoms with Gasteiger partial charge in [-0.1, -0.05) is 30.3 Å². The number of hydrogen-bond acceptors (Lipinski definition) is 3. The lowest BCUT2D eigenvalue weighted by Crippen LogP contribution is -2.30. The van der Waals surface area contributed by atoms with Crippen molar-refractivity contribution < 1.29 is 14.3 Å². The normalized spacial score (nSPS) is 13.8. The maximum absolute atomic E-state index is 13.2. The molecule has 0 saturated heterocycles. The molecule has 16 heavy (non-hydrogen) atoms. The third-order valence-corrected chi connectivity index (χ3v) is 2.21. The van der Waals surface area contributed by atoms with Gasteiger partial charge in [-0.2, -0.15) is 0 Å². The summed E-state index contributed by atoms with van der Waals surface area (Å²) in [5.74, 6) is -0.323. The zero-order valence-electron chi connectivity index (χ0n) is 9.06. The van der Waals surface area contributed by atoms with Gasteiger partial charge in [0.25, 0.3) is 0 Å². The van der Waals surface area contributed by atoms with Crippen molar-refractivity contribution in [3.63, 3.8) is 0 Å². The first kappa shape index (κ1) is 12.4. The van der Waals surface area contributed by atoms with Gasteiger partial charge in [0, 0.05) is 5.56 Å². The summed E-state index contributed by atoms with van der Waals surface area (Å²) in [6.07, 6.45) is 0.0641. The molecule has 1 aromatic rings. The number of nitrogens with two attached hydrogens (primary N) is 1. The minimum absolute atomic E-state index is 0.00107. The Morgan fingerprint density at radius 2 is 2.25 bits per heavy atom. The maximum Gasteiger partial charge on any atom is 0.168 e. The SMILES string of the molecule is CCC(OCc1ccccc1F)C(N)=NO. The lowest BCUT2D eigenvalue weighted by Gasteiger charge is -2.14. The Morgan fingerprint density at radius 1 is 1.56 bits per heavy atom. The molecule has 3 N–H and O–H groups in total. The van der Waals surface area contributed by atoms with E-state index in [1.54, 1.807) is 18.2 Å². The predicted octanol–water partition coefficient (Wildman–Crippen LogP) is 1.87. The van der Waals surface area contributed by atoms with Crippen LogP contribution in [0.15, 0.2) is 29.4 Å². The Labute approximate surface area is 93.5 Å². The van der Waals surface area contributed by atoms with Crippen LogP contribution < -0.4 is 5.73 Å². The van der Waals surface area contributed by atoms with Crippen molar-refractivity contribution in [1.82, 2.24) is 0 Å². The molecule has 0 saturated carbocycles. The Balaban J connectivity index is 2.60. The number of rotatable bonds is 5. The molecule has 0 radical (unpaired) electrons. The summed E-state index contributed by atoms with van der Waals surface area (Å²) in [6.45, 7) is 1.94.